The molecule has 3 nitrogen and oxygen atoms in total. The number of carbonyl (C=O) groups is 1. The van der Waals surface area contributed by atoms with Crippen molar-refractivity contribution in [1.29, 1.82) is 0 Å². The third-order valence-electron chi connectivity index (χ3n) is 2.87. The standard InChI is InChI=1S/C16H16FNO2S/c1-11(21-13-9-7-12(20-2)8-10-13)16(19)18-15-6-4-3-5-14(15)17/h3-11H,1-2H3,(H,18,19)/t11-/m0/s1. The summed E-state index contributed by atoms with van der Waals surface area (Å²) in [4.78, 5) is 13.0. The van der Waals surface area contributed by atoms with Gasteiger partial charge in [-0.2, -0.15) is 0 Å². The highest BCUT2D eigenvalue weighted by molar-refractivity contribution is 8.00. The molecule has 2 aromatic carbocycles. The van der Waals surface area contributed by atoms with Crippen LogP contribution in [0.25, 0.3) is 0 Å². The fourth-order valence-electron chi connectivity index (χ4n) is 1.71. The normalized spacial score (nSPS) is 11.8. The van der Waals surface area contributed by atoms with Crippen LogP contribution in [0, 0.1) is 5.82 Å². The van der Waals surface area contributed by atoms with Gasteiger partial charge in [-0.05, 0) is 43.3 Å². The van der Waals surface area contributed by atoms with E-state index in [9.17, 15) is 9.18 Å². The number of ether oxygens (including phenoxy) is 1. The van der Waals surface area contributed by atoms with Gasteiger partial charge in [-0.25, -0.2) is 4.39 Å². The number of nitrogens with one attached hydrogen (secondary N) is 1. The van der Waals surface area contributed by atoms with Crippen molar-refractivity contribution in [3.05, 3.63) is 54.3 Å². The Balaban J connectivity index is 1.97. The van der Waals surface area contributed by atoms with Gasteiger partial charge in [-0.1, -0.05) is 12.1 Å². The lowest BCUT2D eigenvalue weighted by Gasteiger charge is -2.12. The molecule has 0 aliphatic rings. The number of rotatable bonds is 5. The third kappa shape index (κ3) is 4.23. The molecule has 0 saturated heterocycles. The molecule has 1 atom stereocenters. The van der Waals surface area contributed by atoms with E-state index in [2.05, 4.69) is 5.32 Å². The van der Waals surface area contributed by atoms with Crippen molar-refractivity contribution >= 4 is 23.4 Å². The van der Waals surface area contributed by atoms with E-state index in [0.717, 1.165) is 10.6 Å². The second-order valence-electron chi connectivity index (χ2n) is 4.40. The molecule has 0 aliphatic heterocycles. The minimum Gasteiger partial charge on any atom is -0.497 e. The molecule has 0 unspecified atom stereocenters. The van der Waals surface area contributed by atoms with Crippen molar-refractivity contribution in [1.82, 2.24) is 0 Å². The fourth-order valence-corrected chi connectivity index (χ4v) is 2.58. The van der Waals surface area contributed by atoms with Crippen LogP contribution in [0.15, 0.2) is 53.4 Å². The lowest BCUT2D eigenvalue weighted by Crippen LogP contribution is -2.22. The number of amides is 1. The van der Waals surface area contributed by atoms with Crippen LogP contribution in [0.5, 0.6) is 5.75 Å². The summed E-state index contributed by atoms with van der Waals surface area (Å²) in [6, 6.07) is 13.6. The van der Waals surface area contributed by atoms with Gasteiger partial charge in [0.1, 0.15) is 11.6 Å². The zero-order valence-electron chi connectivity index (χ0n) is 11.8. The summed E-state index contributed by atoms with van der Waals surface area (Å²) >= 11 is 1.41. The minimum absolute atomic E-state index is 0.199. The number of carbonyl (C=O) groups excluding carboxylic acids is 1. The van der Waals surface area contributed by atoms with Crippen LogP contribution in [0.1, 0.15) is 6.92 Å². The Labute approximate surface area is 127 Å². The Morgan fingerprint density at radius 1 is 1.19 bits per heavy atom. The second-order valence-corrected chi connectivity index (χ2v) is 5.82. The van der Waals surface area contributed by atoms with Crippen molar-refractivity contribution in [3.63, 3.8) is 0 Å². The Hall–Kier alpha value is -2.01. The van der Waals surface area contributed by atoms with Gasteiger partial charge in [-0.3, -0.25) is 4.79 Å². The van der Waals surface area contributed by atoms with E-state index < -0.39 is 5.82 Å². The first-order valence-corrected chi connectivity index (χ1v) is 7.34. The van der Waals surface area contributed by atoms with Crippen LogP contribution in [0.2, 0.25) is 0 Å². The number of thioether (sulfide) groups is 1. The van der Waals surface area contributed by atoms with Crippen LogP contribution in [0.4, 0.5) is 10.1 Å². The maximum atomic E-state index is 13.5. The molecule has 1 N–H and O–H groups in total. The van der Waals surface area contributed by atoms with Crippen LogP contribution in [-0.4, -0.2) is 18.3 Å². The molecule has 21 heavy (non-hydrogen) atoms. The molecular formula is C16H16FNO2S. The Kier molecular flexibility index (Phi) is 5.22. The van der Waals surface area contributed by atoms with E-state index in [1.165, 1.54) is 23.9 Å². The summed E-state index contributed by atoms with van der Waals surface area (Å²) in [6.07, 6.45) is 0. The van der Waals surface area contributed by atoms with Crippen LogP contribution in [0.3, 0.4) is 0 Å². The molecule has 0 bridgehead atoms. The topological polar surface area (TPSA) is 38.3 Å². The maximum absolute atomic E-state index is 13.5. The van der Waals surface area contributed by atoms with E-state index >= 15 is 0 Å². The highest BCUT2D eigenvalue weighted by Gasteiger charge is 2.15. The summed E-state index contributed by atoms with van der Waals surface area (Å²) in [5, 5.41) is 2.26. The highest BCUT2D eigenvalue weighted by atomic mass is 32.2. The van der Waals surface area contributed by atoms with Gasteiger partial charge in [0, 0.05) is 4.90 Å². The number of methoxy groups -OCH3 is 1. The van der Waals surface area contributed by atoms with Gasteiger partial charge >= 0.3 is 0 Å². The van der Waals surface area contributed by atoms with E-state index in [4.69, 9.17) is 4.74 Å². The fraction of sp³-hybridized carbons (Fsp3) is 0.188. The maximum Gasteiger partial charge on any atom is 0.237 e. The van der Waals surface area contributed by atoms with Crippen molar-refractivity contribution in [2.45, 2.75) is 17.1 Å². The van der Waals surface area contributed by atoms with Crippen molar-refractivity contribution in [2.75, 3.05) is 12.4 Å². The largest absolute Gasteiger partial charge is 0.497 e. The SMILES string of the molecule is COc1ccc(S[C@@H](C)C(=O)Nc2ccccc2F)cc1. The van der Waals surface area contributed by atoms with Gasteiger partial charge in [-0.15, -0.1) is 11.8 Å². The molecule has 5 heteroatoms. The summed E-state index contributed by atoms with van der Waals surface area (Å²) in [5.74, 6) is 0.0937. The molecule has 2 aromatic rings. The molecule has 0 radical (unpaired) electrons. The van der Waals surface area contributed by atoms with Crippen molar-refractivity contribution in [3.8, 4) is 5.75 Å². The molecular weight excluding hydrogens is 289 g/mol. The van der Waals surface area contributed by atoms with E-state index in [1.54, 1.807) is 26.2 Å². The summed E-state index contributed by atoms with van der Waals surface area (Å²) < 4.78 is 18.6. The first kappa shape index (κ1) is 15.4. The minimum atomic E-state index is -0.438. The van der Waals surface area contributed by atoms with Crippen molar-refractivity contribution in [2.24, 2.45) is 0 Å². The number of hydrogen-bond acceptors (Lipinski definition) is 3. The Morgan fingerprint density at radius 2 is 1.86 bits per heavy atom. The number of benzene rings is 2. The number of halogens is 1. The Bertz CT molecular complexity index is 616. The molecule has 0 aromatic heterocycles. The van der Waals surface area contributed by atoms with Crippen LogP contribution in [-0.2, 0) is 4.79 Å². The van der Waals surface area contributed by atoms with E-state index in [-0.39, 0.29) is 16.8 Å². The number of anilines is 1. The van der Waals surface area contributed by atoms with Gasteiger partial charge in [0.2, 0.25) is 5.91 Å². The Morgan fingerprint density at radius 3 is 2.48 bits per heavy atom. The third-order valence-corrected chi connectivity index (χ3v) is 3.99. The number of hydrogen-bond donors (Lipinski definition) is 1. The first-order valence-electron chi connectivity index (χ1n) is 6.46. The summed E-state index contributed by atoms with van der Waals surface area (Å²) in [6.45, 7) is 1.78. The summed E-state index contributed by atoms with van der Waals surface area (Å²) in [7, 11) is 1.60. The predicted octanol–water partition coefficient (Wildman–Crippen LogP) is 3.95. The molecule has 1 amide bonds. The zero-order chi connectivity index (χ0) is 15.2. The van der Waals surface area contributed by atoms with E-state index in [0.29, 0.717) is 0 Å². The zero-order valence-corrected chi connectivity index (χ0v) is 12.6. The van der Waals surface area contributed by atoms with Gasteiger partial charge in [0.15, 0.2) is 0 Å². The van der Waals surface area contributed by atoms with Gasteiger partial charge < -0.3 is 10.1 Å². The van der Waals surface area contributed by atoms with E-state index in [1.807, 2.05) is 24.3 Å². The number of para-hydroxylation sites is 1. The smallest absolute Gasteiger partial charge is 0.237 e. The molecule has 0 fully saturated rings. The lowest BCUT2D eigenvalue weighted by atomic mass is 10.3. The molecule has 2 rings (SSSR count). The molecule has 0 spiro atoms. The summed E-state index contributed by atoms with van der Waals surface area (Å²) in [5.41, 5.74) is 0.199. The molecule has 110 valence electrons. The van der Waals surface area contributed by atoms with Crippen LogP contribution >= 0.6 is 11.8 Å². The first-order chi connectivity index (χ1) is 10.1. The van der Waals surface area contributed by atoms with Gasteiger partial charge in [0.25, 0.3) is 0 Å². The average molecular weight is 305 g/mol. The van der Waals surface area contributed by atoms with Crippen LogP contribution < -0.4 is 10.1 Å². The van der Waals surface area contributed by atoms with Gasteiger partial charge in [0.05, 0.1) is 18.0 Å². The second kappa shape index (κ2) is 7.13. The average Bonchev–Trinajstić information content (AvgIpc) is 2.50. The van der Waals surface area contributed by atoms with Crippen molar-refractivity contribution < 1.29 is 13.9 Å². The monoisotopic (exact) mass is 305 g/mol. The lowest BCUT2D eigenvalue weighted by molar-refractivity contribution is -0.115. The molecule has 0 heterocycles. The predicted molar refractivity (Wildman–Crippen MR) is 83.3 cm³/mol. The highest BCUT2D eigenvalue weighted by Crippen LogP contribution is 2.26. The molecule has 0 saturated carbocycles. The molecule has 0 aliphatic carbocycles. The quantitative estimate of drug-likeness (QED) is 0.850.